The average Bonchev–Trinajstić information content (AvgIpc) is 2.72. The highest BCUT2D eigenvalue weighted by Crippen LogP contribution is 2.39. The van der Waals surface area contributed by atoms with Gasteiger partial charge in [-0.3, -0.25) is 4.99 Å². The summed E-state index contributed by atoms with van der Waals surface area (Å²) in [5.41, 5.74) is 0. The summed E-state index contributed by atoms with van der Waals surface area (Å²) in [7, 11) is 0. The minimum Gasteiger partial charge on any atom is -0.356 e. The summed E-state index contributed by atoms with van der Waals surface area (Å²) in [6.45, 7) is 3.35. The zero-order valence-electron chi connectivity index (χ0n) is 10.6. The molecule has 6 heteroatoms. The SMILES string of the molecule is CC1CN=C(NCC2CCCC(C(F)(F)F)C2)N1. The van der Waals surface area contributed by atoms with E-state index in [9.17, 15) is 13.2 Å². The van der Waals surface area contributed by atoms with E-state index in [1.54, 1.807) is 0 Å². The third kappa shape index (κ3) is 3.53. The molecular formula is C12H20F3N3. The fourth-order valence-electron chi connectivity index (χ4n) is 2.67. The highest BCUT2D eigenvalue weighted by molar-refractivity contribution is 5.81. The van der Waals surface area contributed by atoms with Crippen LogP contribution in [-0.4, -0.2) is 31.3 Å². The number of guanidine groups is 1. The molecule has 0 spiro atoms. The van der Waals surface area contributed by atoms with Gasteiger partial charge in [-0.25, -0.2) is 0 Å². The number of nitrogens with zero attached hydrogens (tertiary/aromatic N) is 1. The van der Waals surface area contributed by atoms with Gasteiger partial charge in [0.1, 0.15) is 0 Å². The van der Waals surface area contributed by atoms with Crippen LogP contribution in [0.2, 0.25) is 0 Å². The van der Waals surface area contributed by atoms with E-state index >= 15 is 0 Å². The molecule has 0 aromatic heterocycles. The van der Waals surface area contributed by atoms with Crippen molar-refractivity contribution in [2.75, 3.05) is 13.1 Å². The van der Waals surface area contributed by atoms with E-state index in [0.29, 0.717) is 19.0 Å². The number of hydrogen-bond donors (Lipinski definition) is 2. The molecule has 0 amide bonds. The van der Waals surface area contributed by atoms with Crippen LogP contribution in [0.3, 0.4) is 0 Å². The van der Waals surface area contributed by atoms with Crippen LogP contribution < -0.4 is 10.6 Å². The van der Waals surface area contributed by atoms with Crippen molar-refractivity contribution in [3.05, 3.63) is 0 Å². The molecule has 0 aromatic rings. The Bertz CT molecular complexity index is 314. The highest BCUT2D eigenvalue weighted by Gasteiger charge is 2.42. The number of aliphatic imine (C=N–C) groups is 1. The van der Waals surface area contributed by atoms with Crippen LogP contribution in [0.4, 0.5) is 13.2 Å². The maximum absolute atomic E-state index is 12.7. The molecule has 2 rings (SSSR count). The highest BCUT2D eigenvalue weighted by atomic mass is 19.4. The first-order valence-electron chi connectivity index (χ1n) is 6.56. The molecule has 0 radical (unpaired) electrons. The Hall–Kier alpha value is -0.940. The maximum atomic E-state index is 12.7. The van der Waals surface area contributed by atoms with Crippen molar-refractivity contribution in [3.63, 3.8) is 0 Å². The van der Waals surface area contributed by atoms with E-state index in [-0.39, 0.29) is 18.8 Å². The van der Waals surface area contributed by atoms with Gasteiger partial charge in [0.25, 0.3) is 0 Å². The van der Waals surface area contributed by atoms with Crippen molar-refractivity contribution in [1.82, 2.24) is 10.6 Å². The maximum Gasteiger partial charge on any atom is 0.391 e. The second-order valence-corrected chi connectivity index (χ2v) is 5.39. The van der Waals surface area contributed by atoms with Gasteiger partial charge in [0, 0.05) is 12.6 Å². The number of nitrogens with one attached hydrogen (secondary N) is 2. The van der Waals surface area contributed by atoms with E-state index in [4.69, 9.17) is 0 Å². The molecule has 0 saturated heterocycles. The molecule has 1 saturated carbocycles. The summed E-state index contributed by atoms with van der Waals surface area (Å²) < 4.78 is 38.0. The molecule has 2 N–H and O–H groups in total. The zero-order chi connectivity index (χ0) is 13.2. The van der Waals surface area contributed by atoms with E-state index in [2.05, 4.69) is 15.6 Å². The average molecular weight is 263 g/mol. The van der Waals surface area contributed by atoms with Gasteiger partial charge in [-0.1, -0.05) is 6.42 Å². The van der Waals surface area contributed by atoms with E-state index in [0.717, 1.165) is 18.9 Å². The first-order chi connectivity index (χ1) is 8.45. The summed E-state index contributed by atoms with van der Waals surface area (Å²) in [6.07, 6.45) is -1.94. The van der Waals surface area contributed by atoms with E-state index in [1.807, 2.05) is 6.92 Å². The van der Waals surface area contributed by atoms with Gasteiger partial charge in [0.2, 0.25) is 0 Å². The van der Waals surface area contributed by atoms with Crippen molar-refractivity contribution >= 4 is 5.96 Å². The molecular weight excluding hydrogens is 243 g/mol. The van der Waals surface area contributed by atoms with Crippen LogP contribution in [0.15, 0.2) is 4.99 Å². The molecule has 1 aliphatic heterocycles. The molecule has 0 aromatic carbocycles. The summed E-state index contributed by atoms with van der Waals surface area (Å²) in [6, 6.07) is 0.321. The second kappa shape index (κ2) is 5.36. The van der Waals surface area contributed by atoms with Crippen LogP contribution in [0.1, 0.15) is 32.6 Å². The Labute approximate surface area is 105 Å². The summed E-state index contributed by atoms with van der Waals surface area (Å²) >= 11 is 0. The Balaban J connectivity index is 1.76. The first-order valence-corrected chi connectivity index (χ1v) is 6.56. The Morgan fingerprint density at radius 2 is 2.17 bits per heavy atom. The van der Waals surface area contributed by atoms with Crippen LogP contribution in [0, 0.1) is 11.8 Å². The standard InChI is InChI=1S/C12H20F3N3/c1-8-6-16-11(18-8)17-7-9-3-2-4-10(5-9)12(13,14)15/h8-10H,2-7H2,1H3,(H2,16,17,18). The van der Waals surface area contributed by atoms with Crippen LogP contribution >= 0.6 is 0 Å². The molecule has 3 unspecified atom stereocenters. The van der Waals surface area contributed by atoms with Crippen molar-refractivity contribution in [3.8, 4) is 0 Å². The largest absolute Gasteiger partial charge is 0.391 e. The van der Waals surface area contributed by atoms with Crippen molar-refractivity contribution in [1.29, 1.82) is 0 Å². The topological polar surface area (TPSA) is 36.4 Å². The Morgan fingerprint density at radius 3 is 2.78 bits per heavy atom. The fourth-order valence-corrected chi connectivity index (χ4v) is 2.67. The van der Waals surface area contributed by atoms with Gasteiger partial charge in [-0.15, -0.1) is 0 Å². The molecule has 0 bridgehead atoms. The molecule has 1 heterocycles. The number of hydrogen-bond acceptors (Lipinski definition) is 3. The predicted molar refractivity (Wildman–Crippen MR) is 64.4 cm³/mol. The minimum absolute atomic E-state index is 0.103. The van der Waals surface area contributed by atoms with Crippen LogP contribution in [0.5, 0.6) is 0 Å². The Kier molecular flexibility index (Phi) is 4.02. The van der Waals surface area contributed by atoms with E-state index in [1.165, 1.54) is 0 Å². The lowest BCUT2D eigenvalue weighted by Crippen LogP contribution is -2.41. The predicted octanol–water partition coefficient (Wildman–Crippen LogP) is 2.29. The van der Waals surface area contributed by atoms with Gasteiger partial charge in [0.15, 0.2) is 5.96 Å². The molecule has 1 fully saturated rings. The fraction of sp³-hybridized carbons (Fsp3) is 0.917. The second-order valence-electron chi connectivity index (χ2n) is 5.39. The molecule has 104 valence electrons. The summed E-state index contributed by atoms with van der Waals surface area (Å²) in [4.78, 5) is 4.24. The van der Waals surface area contributed by atoms with Crippen molar-refractivity contribution in [2.45, 2.75) is 44.8 Å². The Morgan fingerprint density at radius 1 is 1.39 bits per heavy atom. The first kappa shape index (κ1) is 13.5. The lowest BCUT2D eigenvalue weighted by atomic mass is 9.81. The summed E-state index contributed by atoms with van der Waals surface area (Å²) in [5, 5.41) is 6.28. The van der Waals surface area contributed by atoms with Crippen molar-refractivity contribution in [2.24, 2.45) is 16.8 Å². The smallest absolute Gasteiger partial charge is 0.356 e. The lowest BCUT2D eigenvalue weighted by molar-refractivity contribution is -0.185. The summed E-state index contributed by atoms with van der Waals surface area (Å²) in [5.74, 6) is -0.280. The monoisotopic (exact) mass is 263 g/mol. The van der Waals surface area contributed by atoms with E-state index < -0.39 is 12.1 Å². The van der Waals surface area contributed by atoms with Gasteiger partial charge in [-0.05, 0) is 32.1 Å². The lowest BCUT2D eigenvalue weighted by Gasteiger charge is -2.30. The molecule has 3 nitrogen and oxygen atoms in total. The molecule has 18 heavy (non-hydrogen) atoms. The van der Waals surface area contributed by atoms with Crippen molar-refractivity contribution < 1.29 is 13.2 Å². The normalized spacial score (nSPS) is 32.9. The van der Waals surface area contributed by atoms with Gasteiger partial charge in [0.05, 0.1) is 12.5 Å². The van der Waals surface area contributed by atoms with Gasteiger partial charge in [-0.2, -0.15) is 13.2 Å². The third-order valence-corrected chi connectivity index (χ3v) is 3.71. The van der Waals surface area contributed by atoms with Crippen LogP contribution in [0.25, 0.3) is 0 Å². The number of halogens is 3. The molecule has 3 atom stereocenters. The number of alkyl halides is 3. The van der Waals surface area contributed by atoms with Gasteiger partial charge >= 0.3 is 6.18 Å². The quantitative estimate of drug-likeness (QED) is 0.802. The zero-order valence-corrected chi connectivity index (χ0v) is 10.6. The minimum atomic E-state index is -4.03. The van der Waals surface area contributed by atoms with Gasteiger partial charge < -0.3 is 10.6 Å². The van der Waals surface area contributed by atoms with Crippen LogP contribution in [-0.2, 0) is 0 Å². The molecule has 2 aliphatic rings. The molecule has 1 aliphatic carbocycles. The third-order valence-electron chi connectivity index (χ3n) is 3.71. The number of rotatable bonds is 2.